The molecule has 1 heterocycles. The first-order valence-corrected chi connectivity index (χ1v) is 9.03. The normalized spacial score (nSPS) is 15.8. The van der Waals surface area contributed by atoms with Gasteiger partial charge in [-0.1, -0.05) is 12.1 Å². The van der Waals surface area contributed by atoms with Gasteiger partial charge in [0.05, 0.1) is 26.9 Å². The smallest absolute Gasteiger partial charge is 0.410 e. The van der Waals surface area contributed by atoms with Gasteiger partial charge in [0.25, 0.3) is 0 Å². The number of hydrogen-bond donors (Lipinski definition) is 1. The zero-order valence-corrected chi connectivity index (χ0v) is 15.9. The number of rotatable bonds is 5. The lowest BCUT2D eigenvalue weighted by Gasteiger charge is -2.37. The van der Waals surface area contributed by atoms with Crippen LogP contribution in [-0.4, -0.2) is 43.5 Å². The second kappa shape index (κ2) is 8.20. The largest absolute Gasteiger partial charge is 0.508 e. The third kappa shape index (κ3) is 3.94. The van der Waals surface area contributed by atoms with E-state index in [1.54, 1.807) is 38.2 Å². The molecule has 0 saturated carbocycles. The molecule has 0 radical (unpaired) electrons. The van der Waals surface area contributed by atoms with Gasteiger partial charge in [-0.2, -0.15) is 0 Å². The molecule has 1 atom stereocenters. The molecule has 1 amide bonds. The van der Waals surface area contributed by atoms with Gasteiger partial charge < -0.3 is 24.2 Å². The van der Waals surface area contributed by atoms with Crippen molar-refractivity contribution in [1.82, 2.24) is 4.90 Å². The summed E-state index contributed by atoms with van der Waals surface area (Å²) in [5, 5.41) is 9.54. The molecule has 6 nitrogen and oxygen atoms in total. The number of nitrogens with zero attached hydrogens (tertiary/aromatic N) is 1. The van der Waals surface area contributed by atoms with Crippen LogP contribution in [0.25, 0.3) is 0 Å². The minimum absolute atomic E-state index is 0.183. The number of phenolic OH excluding ortho intramolecular Hbond substituents is 1. The first-order chi connectivity index (χ1) is 13.1. The van der Waals surface area contributed by atoms with Crippen LogP contribution in [0.3, 0.4) is 0 Å². The van der Waals surface area contributed by atoms with E-state index in [1.807, 2.05) is 24.3 Å². The van der Waals surface area contributed by atoms with Gasteiger partial charge in [0.1, 0.15) is 5.75 Å². The molecule has 0 fully saturated rings. The molecule has 27 heavy (non-hydrogen) atoms. The number of carbonyl (C=O) groups is 1. The number of hydrogen-bond acceptors (Lipinski definition) is 5. The summed E-state index contributed by atoms with van der Waals surface area (Å²) >= 11 is 0. The van der Waals surface area contributed by atoms with Crippen molar-refractivity contribution < 1.29 is 24.1 Å². The number of ether oxygens (including phenoxy) is 3. The molecule has 1 aliphatic heterocycles. The molecule has 144 valence electrons. The zero-order chi connectivity index (χ0) is 19.4. The van der Waals surface area contributed by atoms with Crippen LogP contribution in [0.5, 0.6) is 17.2 Å². The highest BCUT2D eigenvalue weighted by Gasteiger charge is 2.33. The van der Waals surface area contributed by atoms with Gasteiger partial charge in [-0.3, -0.25) is 0 Å². The topological polar surface area (TPSA) is 68.2 Å². The average Bonchev–Trinajstić information content (AvgIpc) is 2.68. The highest BCUT2D eigenvalue weighted by atomic mass is 16.6. The van der Waals surface area contributed by atoms with E-state index in [9.17, 15) is 9.90 Å². The van der Waals surface area contributed by atoms with E-state index in [2.05, 4.69) is 0 Å². The molecule has 6 heteroatoms. The number of fused-ring (bicyclic) bond motifs is 1. The summed E-state index contributed by atoms with van der Waals surface area (Å²) in [6.07, 6.45) is 1.02. The van der Waals surface area contributed by atoms with Crippen LogP contribution in [0.1, 0.15) is 29.7 Å². The zero-order valence-electron chi connectivity index (χ0n) is 15.9. The third-order valence-electron chi connectivity index (χ3n) is 4.87. The maximum Gasteiger partial charge on any atom is 0.410 e. The van der Waals surface area contributed by atoms with Crippen LogP contribution in [0.4, 0.5) is 4.79 Å². The molecule has 1 unspecified atom stereocenters. The molecule has 0 aromatic heterocycles. The van der Waals surface area contributed by atoms with Crippen molar-refractivity contribution in [3.8, 4) is 17.2 Å². The molecule has 3 rings (SSSR count). The SMILES string of the molecule is CCOC(=O)N1CCc2cc(OC)c(OC)cc2C1Cc1ccc(O)cc1. The molecule has 0 aliphatic carbocycles. The number of aromatic hydroxyl groups is 1. The van der Waals surface area contributed by atoms with Crippen molar-refractivity contribution in [2.24, 2.45) is 0 Å². The second-order valence-electron chi connectivity index (χ2n) is 6.43. The summed E-state index contributed by atoms with van der Waals surface area (Å²) in [5.74, 6) is 1.54. The quantitative estimate of drug-likeness (QED) is 0.868. The molecular formula is C21H25NO5. The van der Waals surface area contributed by atoms with Crippen molar-refractivity contribution >= 4 is 6.09 Å². The molecule has 0 saturated heterocycles. The highest BCUT2D eigenvalue weighted by Crippen LogP contribution is 2.39. The van der Waals surface area contributed by atoms with Crippen LogP contribution < -0.4 is 9.47 Å². The van der Waals surface area contributed by atoms with Crippen LogP contribution in [-0.2, 0) is 17.6 Å². The second-order valence-corrected chi connectivity index (χ2v) is 6.43. The predicted molar refractivity (Wildman–Crippen MR) is 102 cm³/mol. The van der Waals surface area contributed by atoms with E-state index in [1.165, 1.54) is 0 Å². The van der Waals surface area contributed by atoms with Gasteiger partial charge in [-0.25, -0.2) is 4.79 Å². The Labute approximate surface area is 159 Å². The fourth-order valence-corrected chi connectivity index (χ4v) is 3.53. The summed E-state index contributed by atoms with van der Waals surface area (Å²) in [7, 11) is 3.22. The predicted octanol–water partition coefficient (Wildman–Crippen LogP) is 3.71. The maximum atomic E-state index is 12.5. The number of phenols is 1. The number of amides is 1. The molecule has 2 aromatic rings. The average molecular weight is 371 g/mol. The van der Waals surface area contributed by atoms with E-state index < -0.39 is 0 Å². The third-order valence-corrected chi connectivity index (χ3v) is 4.87. The summed E-state index contributed by atoms with van der Waals surface area (Å²) < 4.78 is 16.2. The van der Waals surface area contributed by atoms with Crippen molar-refractivity contribution in [2.75, 3.05) is 27.4 Å². The molecular weight excluding hydrogens is 346 g/mol. The summed E-state index contributed by atoms with van der Waals surface area (Å²) in [5.41, 5.74) is 3.19. The van der Waals surface area contributed by atoms with Crippen LogP contribution in [0.15, 0.2) is 36.4 Å². The highest BCUT2D eigenvalue weighted by molar-refractivity contribution is 5.69. The summed E-state index contributed by atoms with van der Waals surface area (Å²) in [6.45, 7) is 2.71. The van der Waals surface area contributed by atoms with Gasteiger partial charge in [-0.15, -0.1) is 0 Å². The fraction of sp³-hybridized carbons (Fsp3) is 0.381. The van der Waals surface area contributed by atoms with Gasteiger partial charge in [0, 0.05) is 6.54 Å². The fourth-order valence-electron chi connectivity index (χ4n) is 3.53. The first kappa shape index (κ1) is 18.9. The molecule has 0 spiro atoms. The van der Waals surface area contributed by atoms with E-state index in [0.717, 1.165) is 23.1 Å². The van der Waals surface area contributed by atoms with E-state index in [-0.39, 0.29) is 17.9 Å². The van der Waals surface area contributed by atoms with Crippen molar-refractivity contribution in [2.45, 2.75) is 25.8 Å². The maximum absolute atomic E-state index is 12.5. The van der Waals surface area contributed by atoms with Crippen LogP contribution in [0, 0.1) is 0 Å². The Hall–Kier alpha value is -2.89. The van der Waals surface area contributed by atoms with Crippen molar-refractivity contribution in [3.63, 3.8) is 0 Å². The Morgan fingerprint density at radius 2 is 1.81 bits per heavy atom. The lowest BCUT2D eigenvalue weighted by atomic mass is 9.88. The lowest BCUT2D eigenvalue weighted by Crippen LogP contribution is -2.41. The molecule has 1 N–H and O–H groups in total. The van der Waals surface area contributed by atoms with E-state index >= 15 is 0 Å². The Morgan fingerprint density at radius 3 is 2.44 bits per heavy atom. The van der Waals surface area contributed by atoms with E-state index in [0.29, 0.717) is 31.1 Å². The minimum atomic E-state index is -0.318. The minimum Gasteiger partial charge on any atom is -0.508 e. The Kier molecular flexibility index (Phi) is 5.74. The Morgan fingerprint density at radius 1 is 1.15 bits per heavy atom. The van der Waals surface area contributed by atoms with E-state index in [4.69, 9.17) is 14.2 Å². The number of carbonyl (C=O) groups excluding carboxylic acids is 1. The molecule has 1 aliphatic rings. The van der Waals surface area contributed by atoms with Crippen LogP contribution >= 0.6 is 0 Å². The van der Waals surface area contributed by atoms with Gasteiger partial charge in [0.2, 0.25) is 0 Å². The summed E-state index contributed by atoms with van der Waals surface area (Å²) in [6, 6.07) is 10.8. The van der Waals surface area contributed by atoms with Gasteiger partial charge in [0.15, 0.2) is 11.5 Å². The lowest BCUT2D eigenvalue weighted by molar-refractivity contribution is 0.0863. The molecule has 2 aromatic carbocycles. The van der Waals surface area contributed by atoms with Gasteiger partial charge in [-0.05, 0) is 60.7 Å². The standard InChI is InChI=1S/C21H25NO5/c1-4-27-21(24)22-10-9-15-12-19(25-2)20(26-3)13-17(15)18(22)11-14-5-7-16(23)8-6-14/h5-8,12-13,18,23H,4,9-11H2,1-3H3. The van der Waals surface area contributed by atoms with Crippen molar-refractivity contribution in [3.05, 3.63) is 53.1 Å². The van der Waals surface area contributed by atoms with Crippen molar-refractivity contribution in [1.29, 1.82) is 0 Å². The number of benzene rings is 2. The van der Waals surface area contributed by atoms with Gasteiger partial charge >= 0.3 is 6.09 Å². The number of methoxy groups -OCH3 is 2. The monoisotopic (exact) mass is 371 g/mol. The Bertz CT molecular complexity index is 803. The molecule has 0 bridgehead atoms. The first-order valence-electron chi connectivity index (χ1n) is 9.03. The Balaban J connectivity index is 2.02. The summed E-state index contributed by atoms with van der Waals surface area (Å²) in [4.78, 5) is 14.3. The van der Waals surface area contributed by atoms with Crippen LogP contribution in [0.2, 0.25) is 0 Å².